The largest absolute Gasteiger partial charge is 0.481 e. The number of carbonyl (C=O) groups is 2. The lowest BCUT2D eigenvalue weighted by atomic mass is 9.80. The van der Waals surface area contributed by atoms with Gasteiger partial charge in [-0.3, -0.25) is 9.59 Å². The molecule has 3 N–H and O–H groups in total. The molecule has 1 rings (SSSR count). The van der Waals surface area contributed by atoms with Crippen molar-refractivity contribution in [2.75, 3.05) is 19.6 Å². The summed E-state index contributed by atoms with van der Waals surface area (Å²) in [6, 6.07) is 0. The van der Waals surface area contributed by atoms with Gasteiger partial charge in [-0.1, -0.05) is 12.8 Å². The number of likely N-dealkylation sites (tertiary alicyclic amines) is 1. The Hall–Kier alpha value is -1.10. The third-order valence-electron chi connectivity index (χ3n) is 4.08. The summed E-state index contributed by atoms with van der Waals surface area (Å²) in [5.41, 5.74) is 4.76. The van der Waals surface area contributed by atoms with E-state index in [-0.39, 0.29) is 5.91 Å². The molecule has 0 bridgehead atoms. The summed E-state index contributed by atoms with van der Waals surface area (Å²) >= 11 is 0. The Kier molecular flexibility index (Phi) is 6.28. The van der Waals surface area contributed by atoms with Crippen molar-refractivity contribution in [3.8, 4) is 0 Å². The number of hydrogen-bond donors (Lipinski definition) is 2. The molecule has 5 heteroatoms. The fraction of sp³-hybridized carbons (Fsp3) is 0.857. The van der Waals surface area contributed by atoms with Gasteiger partial charge in [-0.05, 0) is 39.2 Å². The highest BCUT2D eigenvalue weighted by atomic mass is 16.4. The van der Waals surface area contributed by atoms with Crippen LogP contribution in [0.5, 0.6) is 0 Å². The first-order valence-corrected chi connectivity index (χ1v) is 7.21. The van der Waals surface area contributed by atoms with Crippen molar-refractivity contribution in [2.45, 2.75) is 51.9 Å². The highest BCUT2D eigenvalue weighted by molar-refractivity contribution is 5.78. The third-order valence-corrected chi connectivity index (χ3v) is 4.08. The molecular weight excluding hydrogens is 244 g/mol. The quantitative estimate of drug-likeness (QED) is 0.688. The molecule has 5 nitrogen and oxygen atoms in total. The van der Waals surface area contributed by atoms with Gasteiger partial charge in [0.25, 0.3) is 0 Å². The number of carboxylic acids is 1. The minimum Gasteiger partial charge on any atom is -0.481 e. The van der Waals surface area contributed by atoms with Crippen molar-refractivity contribution in [1.29, 1.82) is 0 Å². The summed E-state index contributed by atoms with van der Waals surface area (Å²) < 4.78 is 0. The van der Waals surface area contributed by atoms with Gasteiger partial charge < -0.3 is 15.7 Å². The highest BCUT2D eigenvalue weighted by Gasteiger charge is 2.37. The lowest BCUT2D eigenvalue weighted by molar-refractivity contribution is -0.153. The molecule has 0 aliphatic carbocycles. The van der Waals surface area contributed by atoms with Gasteiger partial charge in [0.1, 0.15) is 0 Å². The van der Waals surface area contributed by atoms with Gasteiger partial charge in [0.05, 0.1) is 5.41 Å². The van der Waals surface area contributed by atoms with Gasteiger partial charge in [0.15, 0.2) is 0 Å². The maximum Gasteiger partial charge on any atom is 0.309 e. The van der Waals surface area contributed by atoms with Crippen molar-refractivity contribution in [3.05, 3.63) is 0 Å². The van der Waals surface area contributed by atoms with Gasteiger partial charge in [0.2, 0.25) is 5.91 Å². The molecular formula is C14H26N2O3. The summed E-state index contributed by atoms with van der Waals surface area (Å²) in [6.45, 7) is 3.63. The van der Waals surface area contributed by atoms with E-state index < -0.39 is 11.4 Å². The van der Waals surface area contributed by atoms with Crippen LogP contribution in [0.4, 0.5) is 0 Å². The molecule has 110 valence electrons. The van der Waals surface area contributed by atoms with Crippen molar-refractivity contribution in [2.24, 2.45) is 11.1 Å². The van der Waals surface area contributed by atoms with Crippen LogP contribution in [0.1, 0.15) is 51.9 Å². The van der Waals surface area contributed by atoms with E-state index in [2.05, 4.69) is 0 Å². The van der Waals surface area contributed by atoms with Crippen molar-refractivity contribution >= 4 is 11.9 Å². The summed E-state index contributed by atoms with van der Waals surface area (Å²) in [7, 11) is 0. The van der Waals surface area contributed by atoms with Crippen LogP contribution < -0.4 is 5.73 Å². The molecule has 0 aromatic carbocycles. The number of aliphatic carboxylic acids is 1. The van der Waals surface area contributed by atoms with Crippen LogP contribution in [0.15, 0.2) is 0 Å². The Balaban J connectivity index is 2.23. The molecule has 0 saturated carbocycles. The standard InChI is InChI=1S/C14H26N2O3/c1-14(13(18)19)7-10-16(11-8-14)12(17)6-4-2-3-5-9-15/h2-11,15H2,1H3,(H,18,19). The lowest BCUT2D eigenvalue weighted by Crippen LogP contribution is -2.45. The zero-order valence-electron chi connectivity index (χ0n) is 11.9. The minimum atomic E-state index is -0.749. The molecule has 1 heterocycles. The minimum absolute atomic E-state index is 0.167. The number of amides is 1. The fourth-order valence-corrected chi connectivity index (χ4v) is 2.40. The molecule has 0 unspecified atom stereocenters. The average Bonchev–Trinajstić information content (AvgIpc) is 2.39. The molecule has 0 aromatic heterocycles. The van der Waals surface area contributed by atoms with Gasteiger partial charge in [-0.15, -0.1) is 0 Å². The molecule has 19 heavy (non-hydrogen) atoms. The molecule has 1 aliphatic rings. The number of hydrogen-bond acceptors (Lipinski definition) is 3. The number of piperidine rings is 1. The van der Waals surface area contributed by atoms with Crippen LogP contribution in [-0.2, 0) is 9.59 Å². The van der Waals surface area contributed by atoms with Crippen molar-refractivity contribution in [3.63, 3.8) is 0 Å². The SMILES string of the molecule is CC1(C(=O)O)CCN(C(=O)CCCCCCN)CC1. The second-order valence-electron chi connectivity index (χ2n) is 5.70. The van der Waals surface area contributed by atoms with E-state index in [1.807, 2.05) is 4.90 Å². The normalized spacial score (nSPS) is 18.3. The molecule has 1 saturated heterocycles. The van der Waals surface area contributed by atoms with Crippen LogP contribution in [0.3, 0.4) is 0 Å². The summed E-state index contributed by atoms with van der Waals surface area (Å²) in [5, 5.41) is 9.13. The maximum atomic E-state index is 12.0. The van der Waals surface area contributed by atoms with Gasteiger partial charge in [-0.25, -0.2) is 0 Å². The summed E-state index contributed by atoms with van der Waals surface area (Å²) in [5.74, 6) is -0.582. The van der Waals surface area contributed by atoms with Crippen LogP contribution in [-0.4, -0.2) is 41.5 Å². The second-order valence-corrected chi connectivity index (χ2v) is 5.70. The van der Waals surface area contributed by atoms with Gasteiger partial charge in [0, 0.05) is 19.5 Å². The number of rotatable bonds is 7. The number of nitrogens with two attached hydrogens (primary N) is 1. The molecule has 0 radical (unpaired) electrons. The van der Waals surface area contributed by atoms with Crippen LogP contribution in [0.2, 0.25) is 0 Å². The van der Waals surface area contributed by atoms with E-state index in [0.29, 0.717) is 38.9 Å². The Bertz CT molecular complexity index is 310. The zero-order chi connectivity index (χ0) is 14.3. The predicted molar refractivity (Wildman–Crippen MR) is 73.7 cm³/mol. The van der Waals surface area contributed by atoms with E-state index in [1.54, 1.807) is 6.92 Å². The Morgan fingerprint density at radius 2 is 1.74 bits per heavy atom. The molecule has 0 aromatic rings. The zero-order valence-corrected chi connectivity index (χ0v) is 11.9. The molecule has 1 aliphatic heterocycles. The Labute approximate surface area is 115 Å². The lowest BCUT2D eigenvalue weighted by Gasteiger charge is -2.36. The number of unbranched alkanes of at least 4 members (excludes halogenated alkanes) is 3. The second kappa shape index (κ2) is 7.48. The molecule has 1 fully saturated rings. The van der Waals surface area contributed by atoms with E-state index in [0.717, 1.165) is 25.7 Å². The van der Waals surface area contributed by atoms with Gasteiger partial charge >= 0.3 is 5.97 Å². The first-order chi connectivity index (χ1) is 8.99. The molecule has 1 amide bonds. The summed E-state index contributed by atoms with van der Waals surface area (Å²) in [4.78, 5) is 24.9. The van der Waals surface area contributed by atoms with Crippen LogP contribution >= 0.6 is 0 Å². The summed E-state index contributed by atoms with van der Waals surface area (Å²) in [6.07, 6.45) is 5.75. The van der Waals surface area contributed by atoms with Crippen molar-refractivity contribution < 1.29 is 14.7 Å². The number of carbonyl (C=O) groups excluding carboxylic acids is 1. The van der Waals surface area contributed by atoms with Crippen LogP contribution in [0, 0.1) is 5.41 Å². The van der Waals surface area contributed by atoms with E-state index in [4.69, 9.17) is 10.8 Å². The maximum absolute atomic E-state index is 12.0. The van der Waals surface area contributed by atoms with Crippen molar-refractivity contribution in [1.82, 2.24) is 4.90 Å². The monoisotopic (exact) mass is 270 g/mol. The van der Waals surface area contributed by atoms with E-state index in [1.165, 1.54) is 0 Å². The first-order valence-electron chi connectivity index (χ1n) is 7.21. The topological polar surface area (TPSA) is 83.6 Å². The Morgan fingerprint density at radius 1 is 1.16 bits per heavy atom. The first kappa shape index (κ1) is 16.0. The number of nitrogens with zero attached hydrogens (tertiary/aromatic N) is 1. The fourth-order valence-electron chi connectivity index (χ4n) is 2.40. The number of carboxylic acid groups (broad SMARTS) is 1. The average molecular weight is 270 g/mol. The van der Waals surface area contributed by atoms with E-state index >= 15 is 0 Å². The van der Waals surface area contributed by atoms with E-state index in [9.17, 15) is 9.59 Å². The Morgan fingerprint density at radius 3 is 2.26 bits per heavy atom. The predicted octanol–water partition coefficient (Wildman–Crippen LogP) is 1.61. The molecule has 0 spiro atoms. The molecule has 0 atom stereocenters. The third kappa shape index (κ3) is 4.82. The smallest absolute Gasteiger partial charge is 0.309 e. The highest BCUT2D eigenvalue weighted by Crippen LogP contribution is 2.31. The van der Waals surface area contributed by atoms with Gasteiger partial charge in [-0.2, -0.15) is 0 Å². The van der Waals surface area contributed by atoms with Crippen LogP contribution in [0.25, 0.3) is 0 Å².